The van der Waals surface area contributed by atoms with Crippen LogP contribution in [0.4, 0.5) is 10.1 Å². The number of benzene rings is 3. The minimum atomic E-state index is -4.11. The molecule has 0 unspecified atom stereocenters. The summed E-state index contributed by atoms with van der Waals surface area (Å²) in [5.74, 6) is -1.32. The van der Waals surface area contributed by atoms with Crippen LogP contribution in [0.15, 0.2) is 83.8 Å². The van der Waals surface area contributed by atoms with Gasteiger partial charge in [0.2, 0.25) is 11.8 Å². The van der Waals surface area contributed by atoms with Crippen molar-refractivity contribution in [3.8, 4) is 0 Å². The Morgan fingerprint density at radius 1 is 0.947 bits per heavy atom. The third kappa shape index (κ3) is 7.19. The second-order valence-electron chi connectivity index (χ2n) is 9.40. The van der Waals surface area contributed by atoms with Gasteiger partial charge in [-0.15, -0.1) is 0 Å². The van der Waals surface area contributed by atoms with Gasteiger partial charge in [0.25, 0.3) is 10.0 Å². The van der Waals surface area contributed by atoms with E-state index in [1.165, 1.54) is 29.2 Å². The van der Waals surface area contributed by atoms with E-state index in [1.54, 1.807) is 55.5 Å². The van der Waals surface area contributed by atoms with Crippen LogP contribution in [0.25, 0.3) is 0 Å². The van der Waals surface area contributed by atoms with Crippen molar-refractivity contribution in [2.24, 2.45) is 0 Å². The molecule has 1 N–H and O–H groups in total. The van der Waals surface area contributed by atoms with E-state index in [0.717, 1.165) is 9.87 Å². The maximum absolute atomic E-state index is 13.9. The minimum Gasteiger partial charge on any atom is -0.352 e. The van der Waals surface area contributed by atoms with Gasteiger partial charge in [-0.2, -0.15) is 0 Å². The number of hydrogen-bond donors (Lipinski definition) is 1. The summed E-state index contributed by atoms with van der Waals surface area (Å²) in [5, 5.41) is 2.85. The largest absolute Gasteiger partial charge is 0.352 e. The van der Waals surface area contributed by atoms with Crippen LogP contribution in [-0.4, -0.2) is 43.8 Å². The summed E-state index contributed by atoms with van der Waals surface area (Å²) in [6.07, 6.45) is 0.307. The van der Waals surface area contributed by atoms with Crippen molar-refractivity contribution in [3.05, 3.63) is 95.8 Å². The molecular formula is C29H34FN3O4S. The predicted molar refractivity (Wildman–Crippen MR) is 146 cm³/mol. The third-order valence-electron chi connectivity index (χ3n) is 5.98. The molecule has 202 valence electrons. The Bertz CT molecular complexity index is 1350. The average Bonchev–Trinajstić information content (AvgIpc) is 2.88. The zero-order valence-electron chi connectivity index (χ0n) is 22.1. The van der Waals surface area contributed by atoms with Crippen molar-refractivity contribution >= 4 is 27.5 Å². The lowest BCUT2D eigenvalue weighted by atomic mass is 10.1. The van der Waals surface area contributed by atoms with Gasteiger partial charge in [0, 0.05) is 12.6 Å². The number of carbonyl (C=O) groups is 2. The normalized spacial score (nSPS) is 12.2. The first kappa shape index (κ1) is 28.8. The first-order chi connectivity index (χ1) is 18.0. The number of aryl methyl sites for hydroxylation is 1. The Hall–Kier alpha value is -3.72. The molecule has 3 aromatic carbocycles. The van der Waals surface area contributed by atoms with E-state index < -0.39 is 34.3 Å². The highest BCUT2D eigenvalue weighted by Crippen LogP contribution is 2.25. The van der Waals surface area contributed by atoms with Gasteiger partial charge in [-0.3, -0.25) is 13.9 Å². The first-order valence-electron chi connectivity index (χ1n) is 12.5. The zero-order chi connectivity index (χ0) is 27.9. The molecule has 3 rings (SSSR count). The number of sulfonamides is 1. The standard InChI is InChI=1S/C29H34FN3O4S/c1-5-27(29(35)31-21(2)3)32(19-23-14-16-24(30)17-15-23)28(34)20-33(25-11-9-10-22(4)18-25)38(36,37)26-12-7-6-8-13-26/h6-18,21,27H,5,19-20H2,1-4H3,(H,31,35)/t27-/m1/s1. The molecule has 3 aromatic rings. The molecule has 0 bridgehead atoms. The number of nitrogens with one attached hydrogen (secondary N) is 1. The topological polar surface area (TPSA) is 86.8 Å². The second-order valence-corrected chi connectivity index (χ2v) is 11.3. The Labute approximate surface area is 224 Å². The lowest BCUT2D eigenvalue weighted by Crippen LogP contribution is -2.53. The van der Waals surface area contributed by atoms with Crippen molar-refractivity contribution in [2.75, 3.05) is 10.8 Å². The molecule has 1 atom stereocenters. The quantitative estimate of drug-likeness (QED) is 0.384. The molecule has 0 fully saturated rings. The number of amides is 2. The Morgan fingerprint density at radius 2 is 1.61 bits per heavy atom. The van der Waals surface area contributed by atoms with Crippen molar-refractivity contribution in [1.82, 2.24) is 10.2 Å². The van der Waals surface area contributed by atoms with E-state index in [1.807, 2.05) is 26.8 Å². The average molecular weight is 540 g/mol. The SMILES string of the molecule is CC[C@H](C(=O)NC(C)C)N(Cc1ccc(F)cc1)C(=O)CN(c1cccc(C)c1)S(=O)(=O)c1ccccc1. The van der Waals surface area contributed by atoms with Crippen molar-refractivity contribution in [3.63, 3.8) is 0 Å². The smallest absolute Gasteiger partial charge is 0.264 e. The second kappa shape index (κ2) is 12.7. The fourth-order valence-corrected chi connectivity index (χ4v) is 5.55. The molecule has 7 nitrogen and oxygen atoms in total. The maximum Gasteiger partial charge on any atom is 0.264 e. The monoisotopic (exact) mass is 539 g/mol. The van der Waals surface area contributed by atoms with Crippen molar-refractivity contribution < 1.29 is 22.4 Å². The summed E-state index contributed by atoms with van der Waals surface area (Å²) in [6, 6.07) is 19.4. The fourth-order valence-electron chi connectivity index (χ4n) is 4.12. The van der Waals surface area contributed by atoms with Gasteiger partial charge in [0.15, 0.2) is 0 Å². The molecule has 2 amide bonds. The minimum absolute atomic E-state index is 0.0101. The highest BCUT2D eigenvalue weighted by molar-refractivity contribution is 7.92. The maximum atomic E-state index is 13.9. The summed E-state index contributed by atoms with van der Waals surface area (Å²) in [4.78, 5) is 28.4. The van der Waals surface area contributed by atoms with Crippen LogP contribution in [0.2, 0.25) is 0 Å². The molecule has 0 aromatic heterocycles. The number of rotatable bonds is 11. The van der Waals surface area contributed by atoms with E-state index in [-0.39, 0.29) is 23.4 Å². The molecule has 0 aliphatic heterocycles. The van der Waals surface area contributed by atoms with Gasteiger partial charge >= 0.3 is 0 Å². The highest BCUT2D eigenvalue weighted by atomic mass is 32.2. The number of hydrogen-bond acceptors (Lipinski definition) is 4. The van der Waals surface area contributed by atoms with E-state index in [9.17, 15) is 22.4 Å². The molecule has 0 heterocycles. The van der Waals surface area contributed by atoms with Crippen LogP contribution in [0.1, 0.15) is 38.3 Å². The van der Waals surface area contributed by atoms with Crippen LogP contribution < -0.4 is 9.62 Å². The van der Waals surface area contributed by atoms with E-state index in [0.29, 0.717) is 17.7 Å². The third-order valence-corrected chi connectivity index (χ3v) is 7.77. The van der Waals surface area contributed by atoms with Gasteiger partial charge < -0.3 is 10.2 Å². The molecule has 0 spiro atoms. The van der Waals surface area contributed by atoms with Gasteiger partial charge in [0.05, 0.1) is 10.6 Å². The molecule has 9 heteroatoms. The fraction of sp³-hybridized carbons (Fsp3) is 0.310. The van der Waals surface area contributed by atoms with Crippen LogP contribution in [0.3, 0.4) is 0 Å². The summed E-state index contributed by atoms with van der Waals surface area (Å²) in [7, 11) is -4.11. The molecule has 0 saturated carbocycles. The first-order valence-corrected chi connectivity index (χ1v) is 14.0. The van der Waals surface area contributed by atoms with Gasteiger partial charge in [-0.25, -0.2) is 12.8 Å². The van der Waals surface area contributed by atoms with Crippen LogP contribution in [0.5, 0.6) is 0 Å². The Balaban J connectivity index is 2.05. The molecule has 0 aliphatic rings. The lowest BCUT2D eigenvalue weighted by Gasteiger charge is -2.33. The summed E-state index contributed by atoms with van der Waals surface area (Å²) in [6.45, 7) is 6.76. The summed E-state index contributed by atoms with van der Waals surface area (Å²) < 4.78 is 42.1. The molecule has 0 saturated heterocycles. The van der Waals surface area contributed by atoms with Crippen LogP contribution in [0, 0.1) is 12.7 Å². The van der Waals surface area contributed by atoms with Crippen LogP contribution >= 0.6 is 0 Å². The number of carbonyl (C=O) groups excluding carboxylic acids is 2. The summed E-state index contributed by atoms with van der Waals surface area (Å²) >= 11 is 0. The van der Waals surface area contributed by atoms with Crippen molar-refractivity contribution in [2.45, 2.75) is 57.6 Å². The predicted octanol–water partition coefficient (Wildman–Crippen LogP) is 4.66. The van der Waals surface area contributed by atoms with E-state index in [2.05, 4.69) is 5.32 Å². The Kier molecular flexibility index (Phi) is 9.63. The van der Waals surface area contributed by atoms with Gasteiger partial charge in [-0.1, -0.05) is 49.4 Å². The number of halogens is 1. The number of anilines is 1. The van der Waals surface area contributed by atoms with E-state index in [4.69, 9.17) is 0 Å². The van der Waals surface area contributed by atoms with E-state index >= 15 is 0 Å². The zero-order valence-corrected chi connectivity index (χ0v) is 22.9. The van der Waals surface area contributed by atoms with Crippen molar-refractivity contribution in [1.29, 1.82) is 0 Å². The van der Waals surface area contributed by atoms with Gasteiger partial charge in [0.1, 0.15) is 18.4 Å². The molecule has 0 aliphatic carbocycles. The van der Waals surface area contributed by atoms with Crippen LogP contribution in [-0.2, 0) is 26.2 Å². The molecule has 0 radical (unpaired) electrons. The summed E-state index contributed by atoms with van der Waals surface area (Å²) in [5.41, 5.74) is 1.78. The lowest BCUT2D eigenvalue weighted by molar-refractivity contribution is -0.140. The van der Waals surface area contributed by atoms with Gasteiger partial charge in [-0.05, 0) is 74.7 Å². The number of nitrogens with zero attached hydrogens (tertiary/aromatic N) is 2. The molecule has 38 heavy (non-hydrogen) atoms. The highest BCUT2D eigenvalue weighted by Gasteiger charge is 2.33. The molecular weight excluding hydrogens is 505 g/mol. The Morgan fingerprint density at radius 3 is 2.18 bits per heavy atom.